The van der Waals surface area contributed by atoms with Crippen molar-refractivity contribution in [2.75, 3.05) is 10.2 Å². The highest BCUT2D eigenvalue weighted by Gasteiger charge is 2.41. The summed E-state index contributed by atoms with van der Waals surface area (Å²) in [7, 11) is 0. The minimum Gasteiger partial charge on any atom is -0.359 e. The molecule has 2 aliphatic carbocycles. The second-order valence-corrected chi connectivity index (χ2v) is 13.1. The van der Waals surface area contributed by atoms with E-state index in [1.807, 2.05) is 0 Å². The SMILES string of the molecule is C1=CCC(n2c3ccccc3c3cc(C4=CC5C(C=C4)c4ccccc4N5C4=NC(c5ccccc5)Nc5ccccc54)ccc32)C=C1. The molecule has 0 bridgehead atoms. The normalized spacial score (nSPS) is 22.2. The Hall–Kier alpha value is -5.87. The molecule has 4 heteroatoms. The minimum absolute atomic E-state index is 0.0972. The zero-order valence-corrected chi connectivity index (χ0v) is 26.4. The molecule has 0 saturated heterocycles. The number of nitrogens with one attached hydrogen (secondary N) is 1. The van der Waals surface area contributed by atoms with Crippen molar-refractivity contribution < 1.29 is 0 Å². The lowest BCUT2D eigenvalue weighted by Crippen LogP contribution is -2.41. The predicted molar refractivity (Wildman–Crippen MR) is 200 cm³/mol. The maximum atomic E-state index is 5.45. The first-order valence-corrected chi connectivity index (χ1v) is 16.9. The lowest BCUT2D eigenvalue weighted by molar-refractivity contribution is 0.648. The monoisotopic (exact) mass is 618 g/mol. The molecule has 0 radical (unpaired) electrons. The van der Waals surface area contributed by atoms with Gasteiger partial charge in [0.05, 0.1) is 12.1 Å². The summed E-state index contributed by atoms with van der Waals surface area (Å²) in [5.74, 6) is 1.25. The summed E-state index contributed by atoms with van der Waals surface area (Å²) in [5.41, 5.74) is 11.0. The van der Waals surface area contributed by atoms with Gasteiger partial charge in [-0.15, -0.1) is 0 Å². The van der Waals surface area contributed by atoms with Gasteiger partial charge in [0.1, 0.15) is 12.0 Å². The van der Waals surface area contributed by atoms with Crippen LogP contribution in [0.4, 0.5) is 11.4 Å². The van der Waals surface area contributed by atoms with Crippen LogP contribution < -0.4 is 10.2 Å². The molecule has 0 fully saturated rings. The number of nitrogens with zero attached hydrogens (tertiary/aromatic N) is 3. The molecule has 230 valence electrons. The summed E-state index contributed by atoms with van der Waals surface area (Å²) >= 11 is 0. The third-order valence-electron chi connectivity index (χ3n) is 10.4. The Kier molecular flexibility index (Phi) is 6.16. The molecular weight excluding hydrogens is 585 g/mol. The molecule has 4 nitrogen and oxygen atoms in total. The molecule has 4 aliphatic rings. The first kappa shape index (κ1) is 27.3. The molecule has 0 amide bonds. The van der Waals surface area contributed by atoms with Crippen LogP contribution >= 0.6 is 0 Å². The van der Waals surface area contributed by atoms with Crippen LogP contribution in [0.2, 0.25) is 0 Å². The van der Waals surface area contributed by atoms with E-state index in [0.717, 1.165) is 29.1 Å². The summed E-state index contributed by atoms with van der Waals surface area (Å²) in [4.78, 5) is 7.94. The number of allylic oxidation sites excluding steroid dienone is 6. The second kappa shape index (κ2) is 10.9. The number of rotatable bonds is 3. The van der Waals surface area contributed by atoms with Crippen LogP contribution in [0, 0.1) is 0 Å². The Labute approximate surface area is 280 Å². The summed E-state index contributed by atoms with van der Waals surface area (Å²) in [5, 5.41) is 6.31. The Morgan fingerprint density at radius 3 is 2.44 bits per heavy atom. The van der Waals surface area contributed by atoms with Crippen molar-refractivity contribution >= 4 is 44.6 Å². The first-order valence-electron chi connectivity index (χ1n) is 16.9. The number of amidine groups is 1. The number of hydrogen-bond acceptors (Lipinski definition) is 3. The molecule has 4 unspecified atom stereocenters. The van der Waals surface area contributed by atoms with Gasteiger partial charge in [-0.2, -0.15) is 0 Å². The molecule has 5 aromatic carbocycles. The largest absolute Gasteiger partial charge is 0.359 e. The molecule has 1 N–H and O–H groups in total. The standard InChI is InChI=1S/C44H34N4/c1-3-13-29(14-4-1)43-45-38-20-10-7-19-36(38)44(46-43)48-40-22-12-8-17-33(40)35-25-23-31(28-42(35)48)30-24-26-41-37(27-30)34-18-9-11-21-39(34)47(41)32-15-5-2-6-16-32/h1-15,17-28,32,35,42-43,45H,16H2. The van der Waals surface area contributed by atoms with Gasteiger partial charge < -0.3 is 14.8 Å². The highest BCUT2D eigenvalue weighted by molar-refractivity contribution is 6.16. The third kappa shape index (κ3) is 4.19. The Morgan fingerprint density at radius 2 is 1.52 bits per heavy atom. The summed E-state index contributed by atoms with van der Waals surface area (Å²) < 4.78 is 2.51. The fraction of sp³-hybridized carbons (Fsp3) is 0.114. The Balaban J connectivity index is 1.11. The zero-order chi connectivity index (χ0) is 31.6. The Bertz CT molecular complexity index is 2390. The average molecular weight is 619 g/mol. The van der Waals surface area contributed by atoms with Crippen LogP contribution in [0.3, 0.4) is 0 Å². The highest BCUT2D eigenvalue weighted by atomic mass is 15.3. The number of benzene rings is 5. The number of aliphatic imine (C=N–C) groups is 1. The maximum Gasteiger partial charge on any atom is 0.147 e. The lowest BCUT2D eigenvalue weighted by Gasteiger charge is -2.35. The fourth-order valence-corrected chi connectivity index (χ4v) is 8.24. The number of hydrogen-bond donors (Lipinski definition) is 1. The van der Waals surface area contributed by atoms with E-state index in [4.69, 9.17) is 4.99 Å². The van der Waals surface area contributed by atoms with Crippen LogP contribution in [0.5, 0.6) is 0 Å². The van der Waals surface area contributed by atoms with Crippen LogP contribution in [0.25, 0.3) is 27.4 Å². The lowest BCUT2D eigenvalue weighted by atomic mass is 9.86. The van der Waals surface area contributed by atoms with Crippen LogP contribution in [0.15, 0.2) is 169 Å². The van der Waals surface area contributed by atoms with Gasteiger partial charge in [0.15, 0.2) is 0 Å². The molecule has 1 aromatic heterocycles. The van der Waals surface area contributed by atoms with Gasteiger partial charge in [0.25, 0.3) is 0 Å². The van der Waals surface area contributed by atoms with Gasteiger partial charge in [-0.3, -0.25) is 0 Å². The third-order valence-corrected chi connectivity index (χ3v) is 10.4. The molecule has 10 rings (SSSR count). The van der Waals surface area contributed by atoms with Crippen molar-refractivity contribution in [3.05, 3.63) is 186 Å². The Morgan fingerprint density at radius 1 is 0.708 bits per heavy atom. The minimum atomic E-state index is -0.167. The van der Waals surface area contributed by atoms with Crippen molar-refractivity contribution in [2.45, 2.75) is 30.6 Å². The van der Waals surface area contributed by atoms with Gasteiger partial charge in [-0.25, -0.2) is 4.99 Å². The number of fused-ring (bicyclic) bond motifs is 7. The molecule has 48 heavy (non-hydrogen) atoms. The average Bonchev–Trinajstić information content (AvgIpc) is 3.67. The molecule has 2 aliphatic heterocycles. The van der Waals surface area contributed by atoms with Crippen LogP contribution in [-0.4, -0.2) is 16.4 Å². The van der Waals surface area contributed by atoms with E-state index >= 15 is 0 Å². The van der Waals surface area contributed by atoms with Crippen molar-refractivity contribution in [3.63, 3.8) is 0 Å². The fourth-order valence-electron chi connectivity index (χ4n) is 8.24. The van der Waals surface area contributed by atoms with E-state index in [2.05, 4.69) is 179 Å². The highest BCUT2D eigenvalue weighted by Crippen LogP contribution is 2.48. The van der Waals surface area contributed by atoms with E-state index in [1.165, 1.54) is 44.2 Å². The molecular formula is C44H34N4. The molecule has 0 saturated carbocycles. The van der Waals surface area contributed by atoms with Gasteiger partial charge in [0.2, 0.25) is 0 Å². The van der Waals surface area contributed by atoms with E-state index in [0.29, 0.717) is 6.04 Å². The maximum absolute atomic E-state index is 5.45. The van der Waals surface area contributed by atoms with Gasteiger partial charge in [-0.1, -0.05) is 127 Å². The van der Waals surface area contributed by atoms with E-state index in [-0.39, 0.29) is 18.1 Å². The number of aromatic nitrogens is 1. The van der Waals surface area contributed by atoms with Gasteiger partial charge in [0, 0.05) is 44.7 Å². The van der Waals surface area contributed by atoms with Gasteiger partial charge in [-0.05, 0) is 65.1 Å². The van der Waals surface area contributed by atoms with Crippen molar-refractivity contribution in [2.24, 2.45) is 4.99 Å². The topological polar surface area (TPSA) is 32.6 Å². The van der Waals surface area contributed by atoms with Crippen molar-refractivity contribution in [1.82, 2.24) is 4.57 Å². The van der Waals surface area contributed by atoms with E-state index in [9.17, 15) is 0 Å². The van der Waals surface area contributed by atoms with Gasteiger partial charge >= 0.3 is 0 Å². The van der Waals surface area contributed by atoms with Crippen LogP contribution in [0.1, 0.15) is 46.8 Å². The summed E-state index contributed by atoms with van der Waals surface area (Å²) in [6, 6.07) is 44.3. The second-order valence-electron chi connectivity index (χ2n) is 13.1. The summed E-state index contributed by atoms with van der Waals surface area (Å²) in [6.45, 7) is 0. The van der Waals surface area contributed by atoms with Crippen molar-refractivity contribution in [1.29, 1.82) is 0 Å². The number of anilines is 2. The number of para-hydroxylation sites is 3. The molecule has 4 atom stereocenters. The molecule has 3 heterocycles. The summed E-state index contributed by atoms with van der Waals surface area (Å²) in [6.07, 6.45) is 17.0. The van der Waals surface area contributed by atoms with E-state index in [1.54, 1.807) is 0 Å². The van der Waals surface area contributed by atoms with Crippen LogP contribution in [-0.2, 0) is 0 Å². The zero-order valence-electron chi connectivity index (χ0n) is 26.4. The molecule has 0 spiro atoms. The molecule has 6 aromatic rings. The van der Waals surface area contributed by atoms with E-state index < -0.39 is 0 Å². The smallest absolute Gasteiger partial charge is 0.147 e. The first-order chi connectivity index (χ1) is 23.8. The predicted octanol–water partition coefficient (Wildman–Crippen LogP) is 10.3. The van der Waals surface area contributed by atoms with Crippen molar-refractivity contribution in [3.8, 4) is 0 Å². The quantitative estimate of drug-likeness (QED) is 0.214.